The molecule has 2 atom stereocenters. The molecule has 0 radical (unpaired) electrons. The monoisotopic (exact) mass is 468 g/mol. The first kappa shape index (κ1) is 23.4. The molecule has 0 aliphatic carbocycles. The van der Waals surface area contributed by atoms with Gasteiger partial charge in [0.25, 0.3) is 5.91 Å². The summed E-state index contributed by atoms with van der Waals surface area (Å²) < 4.78 is 11.1. The van der Waals surface area contributed by atoms with E-state index in [0.29, 0.717) is 41.1 Å². The molecule has 8 nitrogen and oxygen atoms in total. The summed E-state index contributed by atoms with van der Waals surface area (Å²) in [7, 11) is 1.54. The van der Waals surface area contributed by atoms with Crippen LogP contribution in [0.5, 0.6) is 0 Å². The number of benzene rings is 1. The Morgan fingerprint density at radius 2 is 2.03 bits per heavy atom. The number of hydrogen-bond acceptors (Lipinski definition) is 5. The zero-order chi connectivity index (χ0) is 22.4. The lowest BCUT2D eigenvalue weighted by molar-refractivity contribution is -0.0388. The molecule has 0 bridgehead atoms. The van der Waals surface area contributed by atoms with E-state index in [9.17, 15) is 9.59 Å². The second-order valence-electron chi connectivity index (χ2n) is 7.28. The maximum Gasteiger partial charge on any atom is 0.315 e. The van der Waals surface area contributed by atoms with E-state index >= 15 is 0 Å². The molecule has 1 aromatic heterocycles. The Hall–Kier alpha value is -2.26. The van der Waals surface area contributed by atoms with E-state index in [1.54, 1.807) is 19.2 Å². The van der Waals surface area contributed by atoms with Crippen LogP contribution < -0.4 is 16.0 Å². The summed E-state index contributed by atoms with van der Waals surface area (Å²) in [6.45, 7) is 4.70. The van der Waals surface area contributed by atoms with Gasteiger partial charge in [-0.3, -0.25) is 9.69 Å². The maximum absolute atomic E-state index is 12.1. The van der Waals surface area contributed by atoms with Gasteiger partial charge in [0.2, 0.25) is 0 Å². The van der Waals surface area contributed by atoms with Crippen LogP contribution in [-0.2, 0) is 11.3 Å². The van der Waals surface area contributed by atoms with Gasteiger partial charge in [0.1, 0.15) is 12.0 Å². The first-order valence-electron chi connectivity index (χ1n) is 9.99. The third kappa shape index (κ3) is 6.36. The SMILES string of the molecule is CNC(=O)c1coc(CNC(=O)NCC2CN(C(C)c3ccc(Cl)c(Cl)c3)CCO2)c1. The van der Waals surface area contributed by atoms with Gasteiger partial charge in [0, 0.05) is 32.7 Å². The van der Waals surface area contributed by atoms with Crippen LogP contribution in [0.1, 0.15) is 34.6 Å². The van der Waals surface area contributed by atoms with Crippen molar-refractivity contribution in [2.75, 3.05) is 33.3 Å². The highest BCUT2D eigenvalue weighted by atomic mass is 35.5. The second kappa shape index (κ2) is 10.9. The maximum atomic E-state index is 12.1. The number of urea groups is 1. The average molecular weight is 469 g/mol. The summed E-state index contributed by atoms with van der Waals surface area (Å²) >= 11 is 12.2. The lowest BCUT2D eigenvalue weighted by atomic mass is 10.1. The van der Waals surface area contributed by atoms with Gasteiger partial charge in [0.05, 0.1) is 34.9 Å². The van der Waals surface area contributed by atoms with Crippen molar-refractivity contribution in [2.45, 2.75) is 25.6 Å². The lowest BCUT2D eigenvalue weighted by Crippen LogP contribution is -2.49. The number of rotatable bonds is 7. The number of furan rings is 1. The van der Waals surface area contributed by atoms with Crippen molar-refractivity contribution in [3.63, 3.8) is 0 Å². The number of nitrogens with zero attached hydrogens (tertiary/aromatic N) is 1. The fraction of sp³-hybridized carbons (Fsp3) is 0.429. The molecule has 1 aliphatic rings. The Bertz CT molecular complexity index is 921. The van der Waals surface area contributed by atoms with E-state index < -0.39 is 0 Å². The average Bonchev–Trinajstić information content (AvgIpc) is 3.26. The van der Waals surface area contributed by atoms with Gasteiger partial charge >= 0.3 is 6.03 Å². The number of ether oxygens (including phenoxy) is 1. The molecule has 1 aromatic carbocycles. The molecule has 10 heteroatoms. The number of carbonyl (C=O) groups excluding carboxylic acids is 2. The highest BCUT2D eigenvalue weighted by Crippen LogP contribution is 2.29. The highest BCUT2D eigenvalue weighted by Gasteiger charge is 2.25. The molecule has 31 heavy (non-hydrogen) atoms. The molecule has 2 aromatic rings. The van der Waals surface area contributed by atoms with Crippen LogP contribution in [0.15, 0.2) is 34.9 Å². The van der Waals surface area contributed by atoms with Gasteiger partial charge in [-0.15, -0.1) is 0 Å². The molecule has 3 N–H and O–H groups in total. The molecule has 0 spiro atoms. The zero-order valence-corrected chi connectivity index (χ0v) is 18.9. The Labute approximate surface area is 191 Å². The number of morpholine rings is 1. The van der Waals surface area contributed by atoms with Crippen LogP contribution in [0.2, 0.25) is 10.0 Å². The molecule has 2 heterocycles. The summed E-state index contributed by atoms with van der Waals surface area (Å²) in [6.07, 6.45) is 1.22. The first-order chi connectivity index (χ1) is 14.9. The molecule has 1 saturated heterocycles. The minimum Gasteiger partial charge on any atom is -0.467 e. The van der Waals surface area contributed by atoms with Crippen molar-refractivity contribution < 1.29 is 18.7 Å². The fourth-order valence-corrected chi connectivity index (χ4v) is 3.68. The zero-order valence-electron chi connectivity index (χ0n) is 17.4. The number of hydrogen-bond donors (Lipinski definition) is 3. The highest BCUT2D eigenvalue weighted by molar-refractivity contribution is 6.42. The summed E-state index contributed by atoms with van der Waals surface area (Å²) in [4.78, 5) is 25.9. The molecule has 168 valence electrons. The van der Waals surface area contributed by atoms with E-state index in [-0.39, 0.29) is 30.6 Å². The van der Waals surface area contributed by atoms with E-state index in [1.807, 2.05) is 12.1 Å². The van der Waals surface area contributed by atoms with Crippen LogP contribution in [0.3, 0.4) is 0 Å². The van der Waals surface area contributed by atoms with Gasteiger partial charge in [-0.2, -0.15) is 0 Å². The van der Waals surface area contributed by atoms with Crippen LogP contribution in [0, 0.1) is 0 Å². The first-order valence-corrected chi connectivity index (χ1v) is 10.7. The molecule has 0 saturated carbocycles. The van der Waals surface area contributed by atoms with Crippen LogP contribution >= 0.6 is 23.2 Å². The lowest BCUT2D eigenvalue weighted by Gasteiger charge is -2.37. The minimum atomic E-state index is -0.337. The van der Waals surface area contributed by atoms with Crippen molar-refractivity contribution in [1.82, 2.24) is 20.9 Å². The Morgan fingerprint density at radius 1 is 1.23 bits per heavy atom. The minimum absolute atomic E-state index is 0.131. The molecular weight excluding hydrogens is 443 g/mol. The van der Waals surface area contributed by atoms with E-state index in [4.69, 9.17) is 32.4 Å². The normalized spacial score (nSPS) is 17.7. The van der Waals surface area contributed by atoms with E-state index in [0.717, 1.165) is 12.1 Å². The summed E-state index contributed by atoms with van der Waals surface area (Å²) in [6, 6.07) is 7.05. The van der Waals surface area contributed by atoms with Gasteiger partial charge in [0.15, 0.2) is 0 Å². The van der Waals surface area contributed by atoms with Crippen molar-refractivity contribution >= 4 is 35.1 Å². The van der Waals surface area contributed by atoms with E-state index in [2.05, 4.69) is 27.8 Å². The van der Waals surface area contributed by atoms with Gasteiger partial charge in [-0.1, -0.05) is 29.3 Å². The van der Waals surface area contributed by atoms with Gasteiger partial charge < -0.3 is 25.1 Å². The third-order valence-electron chi connectivity index (χ3n) is 5.20. The Balaban J connectivity index is 1.44. The number of halogens is 2. The molecule has 3 rings (SSSR count). The Kier molecular flexibility index (Phi) is 8.20. The van der Waals surface area contributed by atoms with Crippen molar-refractivity contribution in [3.05, 3.63) is 57.5 Å². The molecule has 2 unspecified atom stereocenters. The second-order valence-corrected chi connectivity index (χ2v) is 8.10. The van der Waals surface area contributed by atoms with Crippen molar-refractivity contribution in [2.24, 2.45) is 0 Å². The van der Waals surface area contributed by atoms with Crippen molar-refractivity contribution in [3.8, 4) is 0 Å². The molecule has 1 aliphatic heterocycles. The molecule has 3 amide bonds. The number of nitrogens with one attached hydrogen (secondary N) is 3. The topological polar surface area (TPSA) is 95.8 Å². The molecule has 1 fully saturated rings. The van der Waals surface area contributed by atoms with Crippen molar-refractivity contribution in [1.29, 1.82) is 0 Å². The molecular formula is C21H26Cl2N4O4. The quantitative estimate of drug-likeness (QED) is 0.579. The van der Waals surface area contributed by atoms with Crippen LogP contribution in [-0.4, -0.2) is 56.2 Å². The van der Waals surface area contributed by atoms with E-state index in [1.165, 1.54) is 6.26 Å². The predicted octanol–water partition coefficient (Wildman–Crippen LogP) is 3.21. The smallest absolute Gasteiger partial charge is 0.315 e. The summed E-state index contributed by atoms with van der Waals surface area (Å²) in [5.74, 6) is 0.248. The summed E-state index contributed by atoms with van der Waals surface area (Å²) in [5, 5.41) is 9.11. The third-order valence-corrected chi connectivity index (χ3v) is 5.94. The standard InChI is InChI=1S/C21H26Cl2N4O4/c1-13(14-3-4-18(22)19(23)8-14)27-5-6-30-17(11-27)10-26-21(29)25-9-16-7-15(12-31-16)20(28)24-2/h3-4,7-8,12-13,17H,5-6,9-11H2,1-2H3,(H,24,28)(H2,25,26,29). The van der Waals surface area contributed by atoms with Crippen LogP contribution in [0.4, 0.5) is 4.79 Å². The largest absolute Gasteiger partial charge is 0.467 e. The number of amides is 3. The predicted molar refractivity (Wildman–Crippen MR) is 119 cm³/mol. The fourth-order valence-electron chi connectivity index (χ4n) is 3.37. The van der Waals surface area contributed by atoms with Crippen LogP contribution in [0.25, 0.3) is 0 Å². The Morgan fingerprint density at radius 3 is 2.77 bits per heavy atom. The van der Waals surface area contributed by atoms with Gasteiger partial charge in [-0.05, 0) is 30.7 Å². The summed E-state index contributed by atoms with van der Waals surface area (Å²) in [5.41, 5.74) is 1.49. The number of carbonyl (C=O) groups is 2. The van der Waals surface area contributed by atoms with Gasteiger partial charge in [-0.25, -0.2) is 4.79 Å².